The summed E-state index contributed by atoms with van der Waals surface area (Å²) in [5, 5.41) is 4.20. The van der Waals surface area contributed by atoms with Crippen molar-refractivity contribution in [2.75, 3.05) is 13.7 Å². The van der Waals surface area contributed by atoms with Crippen LogP contribution in [-0.2, 0) is 11.3 Å². The Morgan fingerprint density at radius 1 is 1.42 bits per heavy atom. The van der Waals surface area contributed by atoms with Crippen LogP contribution >= 0.6 is 15.9 Å². The lowest BCUT2D eigenvalue weighted by atomic mass is 10.0. The van der Waals surface area contributed by atoms with Crippen molar-refractivity contribution in [2.24, 2.45) is 0 Å². The highest BCUT2D eigenvalue weighted by Crippen LogP contribution is 2.21. The lowest BCUT2D eigenvalue weighted by Crippen LogP contribution is -2.15. The number of nitrogens with zero attached hydrogens (tertiary/aromatic N) is 2. The first-order valence-corrected chi connectivity index (χ1v) is 6.75. The van der Waals surface area contributed by atoms with E-state index in [0.717, 1.165) is 5.56 Å². The molecular formula is C14H15BrN2O2. The molecule has 0 amide bonds. The molecule has 0 aliphatic heterocycles. The molecule has 1 aromatic carbocycles. The molecule has 0 saturated carbocycles. The fourth-order valence-corrected chi connectivity index (χ4v) is 2.37. The molecule has 0 N–H and O–H groups in total. The summed E-state index contributed by atoms with van der Waals surface area (Å²) in [5.74, 6) is -0.0291. The topological polar surface area (TPSA) is 44.1 Å². The van der Waals surface area contributed by atoms with E-state index < -0.39 is 0 Å². The van der Waals surface area contributed by atoms with Crippen molar-refractivity contribution >= 4 is 21.7 Å². The number of aryl methyl sites for hydroxylation is 1. The van der Waals surface area contributed by atoms with Gasteiger partial charge in [0, 0.05) is 12.7 Å². The van der Waals surface area contributed by atoms with Crippen LogP contribution in [0.2, 0.25) is 0 Å². The van der Waals surface area contributed by atoms with Crippen molar-refractivity contribution in [1.29, 1.82) is 0 Å². The highest BCUT2D eigenvalue weighted by atomic mass is 79.9. The Hall–Kier alpha value is -1.46. The standard InChI is InChI=1S/C14H15BrN2O2/c1-10-5-3-4-6-11(10)14(18)13-12(15)9-16-17(13)7-8-19-2/h3-6,9H,7-8H2,1-2H3. The third kappa shape index (κ3) is 2.93. The predicted octanol–water partition coefficient (Wildman–Crippen LogP) is 2.83. The van der Waals surface area contributed by atoms with Crippen molar-refractivity contribution in [3.8, 4) is 0 Å². The number of ether oxygens (including phenoxy) is 1. The molecule has 0 spiro atoms. The van der Waals surface area contributed by atoms with Crippen molar-refractivity contribution < 1.29 is 9.53 Å². The number of aromatic nitrogens is 2. The first-order valence-electron chi connectivity index (χ1n) is 5.95. The Kier molecular flexibility index (Phi) is 4.50. The van der Waals surface area contributed by atoms with E-state index in [1.54, 1.807) is 18.0 Å². The smallest absolute Gasteiger partial charge is 0.212 e. The summed E-state index contributed by atoms with van der Waals surface area (Å²) in [5.41, 5.74) is 2.22. The maximum Gasteiger partial charge on any atom is 0.212 e. The first-order chi connectivity index (χ1) is 9.15. The van der Waals surface area contributed by atoms with Crippen molar-refractivity contribution in [3.63, 3.8) is 0 Å². The Morgan fingerprint density at radius 3 is 2.84 bits per heavy atom. The largest absolute Gasteiger partial charge is 0.383 e. The molecule has 2 aromatic rings. The third-order valence-corrected chi connectivity index (χ3v) is 3.49. The first kappa shape index (κ1) is 14.0. The number of methoxy groups -OCH3 is 1. The Balaban J connectivity index is 2.39. The van der Waals surface area contributed by atoms with Crippen LogP contribution < -0.4 is 0 Å². The highest BCUT2D eigenvalue weighted by Gasteiger charge is 2.19. The molecule has 100 valence electrons. The summed E-state index contributed by atoms with van der Waals surface area (Å²) < 4.78 is 7.41. The van der Waals surface area contributed by atoms with Gasteiger partial charge in [-0.15, -0.1) is 0 Å². The van der Waals surface area contributed by atoms with E-state index in [0.29, 0.717) is 28.9 Å². The fraction of sp³-hybridized carbons (Fsp3) is 0.286. The number of halogens is 1. The predicted molar refractivity (Wildman–Crippen MR) is 76.4 cm³/mol. The molecule has 0 saturated heterocycles. The normalized spacial score (nSPS) is 10.7. The summed E-state index contributed by atoms with van der Waals surface area (Å²) >= 11 is 3.39. The maximum atomic E-state index is 12.6. The maximum absolute atomic E-state index is 12.6. The molecule has 1 aromatic heterocycles. The second kappa shape index (κ2) is 6.12. The molecule has 4 nitrogen and oxygen atoms in total. The molecule has 0 bridgehead atoms. The number of hydrogen-bond acceptors (Lipinski definition) is 3. The van der Waals surface area contributed by atoms with Gasteiger partial charge in [-0.3, -0.25) is 9.48 Å². The zero-order valence-corrected chi connectivity index (χ0v) is 12.5. The van der Waals surface area contributed by atoms with E-state index >= 15 is 0 Å². The quantitative estimate of drug-likeness (QED) is 0.795. The van der Waals surface area contributed by atoms with Crippen molar-refractivity contribution in [3.05, 3.63) is 51.8 Å². The molecular weight excluding hydrogens is 308 g/mol. The average Bonchev–Trinajstić information content (AvgIpc) is 2.77. The van der Waals surface area contributed by atoms with Gasteiger partial charge in [0.15, 0.2) is 0 Å². The van der Waals surface area contributed by atoms with E-state index in [4.69, 9.17) is 4.74 Å². The molecule has 2 rings (SSSR count). The van der Waals surface area contributed by atoms with Crippen LogP contribution in [0, 0.1) is 6.92 Å². The van der Waals surface area contributed by atoms with Crippen LogP contribution in [0.25, 0.3) is 0 Å². The van der Waals surface area contributed by atoms with Crippen molar-refractivity contribution in [1.82, 2.24) is 9.78 Å². The zero-order chi connectivity index (χ0) is 13.8. The molecule has 0 radical (unpaired) electrons. The average molecular weight is 323 g/mol. The molecule has 5 heteroatoms. The fourth-order valence-electron chi connectivity index (χ4n) is 1.89. The zero-order valence-electron chi connectivity index (χ0n) is 10.9. The molecule has 1 heterocycles. The highest BCUT2D eigenvalue weighted by molar-refractivity contribution is 9.10. The van der Waals surface area contributed by atoms with Gasteiger partial charge in [0.1, 0.15) is 5.69 Å². The van der Waals surface area contributed by atoms with E-state index in [9.17, 15) is 4.79 Å². The molecule has 0 fully saturated rings. The molecule has 0 aliphatic rings. The molecule has 0 unspecified atom stereocenters. The number of rotatable bonds is 5. The summed E-state index contributed by atoms with van der Waals surface area (Å²) in [6, 6.07) is 7.54. The summed E-state index contributed by atoms with van der Waals surface area (Å²) in [6.45, 7) is 2.99. The number of carbonyl (C=O) groups excluding carboxylic acids is 1. The van der Waals surface area contributed by atoms with E-state index in [1.807, 2.05) is 31.2 Å². The van der Waals surface area contributed by atoms with Gasteiger partial charge in [-0.05, 0) is 28.4 Å². The van der Waals surface area contributed by atoms with Crippen LogP contribution in [-0.4, -0.2) is 29.3 Å². The third-order valence-electron chi connectivity index (χ3n) is 2.91. The summed E-state index contributed by atoms with van der Waals surface area (Å²) in [6.07, 6.45) is 1.64. The summed E-state index contributed by atoms with van der Waals surface area (Å²) in [4.78, 5) is 12.6. The number of benzene rings is 1. The summed E-state index contributed by atoms with van der Waals surface area (Å²) in [7, 11) is 1.63. The van der Waals surface area contributed by atoms with Gasteiger partial charge in [-0.2, -0.15) is 5.10 Å². The van der Waals surface area contributed by atoms with Crippen LogP contribution in [0.1, 0.15) is 21.6 Å². The minimum atomic E-state index is -0.0291. The van der Waals surface area contributed by atoms with Gasteiger partial charge in [0.05, 0.1) is 23.8 Å². The minimum absolute atomic E-state index is 0.0291. The number of carbonyl (C=O) groups is 1. The lowest BCUT2D eigenvalue weighted by Gasteiger charge is -2.08. The molecule has 0 atom stereocenters. The Bertz CT molecular complexity index is 593. The Labute approximate surface area is 120 Å². The lowest BCUT2D eigenvalue weighted by molar-refractivity contribution is 0.102. The van der Waals surface area contributed by atoms with Gasteiger partial charge in [-0.25, -0.2) is 0 Å². The van der Waals surface area contributed by atoms with Gasteiger partial charge in [0.2, 0.25) is 5.78 Å². The number of hydrogen-bond donors (Lipinski definition) is 0. The van der Waals surface area contributed by atoms with E-state index in [-0.39, 0.29) is 5.78 Å². The van der Waals surface area contributed by atoms with Gasteiger partial charge >= 0.3 is 0 Å². The van der Waals surface area contributed by atoms with Crippen LogP contribution in [0.3, 0.4) is 0 Å². The van der Waals surface area contributed by atoms with Crippen LogP contribution in [0.15, 0.2) is 34.9 Å². The van der Waals surface area contributed by atoms with E-state index in [1.165, 1.54) is 0 Å². The second-order valence-corrected chi connectivity index (χ2v) is 5.06. The minimum Gasteiger partial charge on any atom is -0.383 e. The van der Waals surface area contributed by atoms with Gasteiger partial charge in [-0.1, -0.05) is 24.3 Å². The second-order valence-electron chi connectivity index (χ2n) is 4.20. The van der Waals surface area contributed by atoms with Crippen molar-refractivity contribution in [2.45, 2.75) is 13.5 Å². The van der Waals surface area contributed by atoms with E-state index in [2.05, 4.69) is 21.0 Å². The van der Waals surface area contributed by atoms with Gasteiger partial charge < -0.3 is 4.74 Å². The monoisotopic (exact) mass is 322 g/mol. The number of ketones is 1. The van der Waals surface area contributed by atoms with Gasteiger partial charge in [0.25, 0.3) is 0 Å². The molecule has 19 heavy (non-hydrogen) atoms. The molecule has 0 aliphatic carbocycles. The van der Waals surface area contributed by atoms with Crippen LogP contribution in [0.4, 0.5) is 0 Å². The van der Waals surface area contributed by atoms with Crippen LogP contribution in [0.5, 0.6) is 0 Å². The Morgan fingerprint density at radius 2 is 2.16 bits per heavy atom. The SMILES string of the molecule is COCCn1ncc(Br)c1C(=O)c1ccccc1C.